The van der Waals surface area contributed by atoms with Gasteiger partial charge in [-0.3, -0.25) is 0 Å². The Kier molecular flexibility index (Phi) is 6.15. The monoisotopic (exact) mass is 279 g/mol. The molecular formula is C16H25NO3. The number of phenolic OH excluding ortho intramolecular Hbond substituents is 1. The SMILES string of the molecule is CCOc1cccc(CNCCCOCC2CC2)c1O. The van der Waals surface area contributed by atoms with E-state index in [0.29, 0.717) is 18.9 Å². The van der Waals surface area contributed by atoms with E-state index in [-0.39, 0.29) is 5.75 Å². The maximum absolute atomic E-state index is 10.0. The fourth-order valence-electron chi connectivity index (χ4n) is 2.04. The van der Waals surface area contributed by atoms with Crippen molar-refractivity contribution in [2.45, 2.75) is 32.7 Å². The van der Waals surface area contributed by atoms with Crippen LogP contribution < -0.4 is 10.1 Å². The molecule has 2 N–H and O–H groups in total. The fourth-order valence-corrected chi connectivity index (χ4v) is 2.04. The summed E-state index contributed by atoms with van der Waals surface area (Å²) in [6.07, 6.45) is 3.68. The minimum absolute atomic E-state index is 0.242. The van der Waals surface area contributed by atoms with Gasteiger partial charge in [-0.15, -0.1) is 0 Å². The van der Waals surface area contributed by atoms with Crippen LogP contribution in [0.3, 0.4) is 0 Å². The largest absolute Gasteiger partial charge is 0.504 e. The Morgan fingerprint density at radius 2 is 2.20 bits per heavy atom. The zero-order valence-electron chi connectivity index (χ0n) is 12.2. The first kappa shape index (κ1) is 15.1. The standard InChI is InChI=1S/C16H25NO3/c1-2-20-15-6-3-5-14(16(15)18)11-17-9-4-10-19-12-13-7-8-13/h3,5-6,13,17-18H,2,4,7-12H2,1H3. The van der Waals surface area contributed by atoms with Crippen molar-refractivity contribution < 1.29 is 14.6 Å². The third-order valence-corrected chi connectivity index (χ3v) is 3.39. The number of aromatic hydroxyl groups is 1. The van der Waals surface area contributed by atoms with Crippen molar-refractivity contribution in [3.05, 3.63) is 23.8 Å². The van der Waals surface area contributed by atoms with Crippen molar-refractivity contribution in [3.8, 4) is 11.5 Å². The van der Waals surface area contributed by atoms with E-state index in [1.165, 1.54) is 12.8 Å². The van der Waals surface area contributed by atoms with Gasteiger partial charge < -0.3 is 19.9 Å². The lowest BCUT2D eigenvalue weighted by atomic mass is 10.2. The minimum atomic E-state index is 0.242. The Morgan fingerprint density at radius 3 is 2.95 bits per heavy atom. The molecule has 2 rings (SSSR count). The van der Waals surface area contributed by atoms with Gasteiger partial charge in [0.1, 0.15) is 0 Å². The topological polar surface area (TPSA) is 50.7 Å². The molecule has 1 aromatic carbocycles. The highest BCUT2D eigenvalue weighted by molar-refractivity contribution is 5.45. The molecule has 0 saturated heterocycles. The lowest BCUT2D eigenvalue weighted by molar-refractivity contribution is 0.122. The number of rotatable bonds is 10. The molecule has 1 aromatic rings. The van der Waals surface area contributed by atoms with Gasteiger partial charge in [0.05, 0.1) is 6.61 Å². The maximum Gasteiger partial charge on any atom is 0.162 e. The molecule has 4 heteroatoms. The number of benzene rings is 1. The van der Waals surface area contributed by atoms with Crippen LogP contribution in [-0.2, 0) is 11.3 Å². The van der Waals surface area contributed by atoms with E-state index >= 15 is 0 Å². The van der Waals surface area contributed by atoms with Gasteiger partial charge >= 0.3 is 0 Å². The van der Waals surface area contributed by atoms with E-state index in [4.69, 9.17) is 9.47 Å². The molecule has 1 fully saturated rings. The zero-order valence-corrected chi connectivity index (χ0v) is 12.2. The fraction of sp³-hybridized carbons (Fsp3) is 0.625. The number of phenols is 1. The molecule has 1 aliphatic rings. The number of ether oxygens (including phenoxy) is 2. The van der Waals surface area contributed by atoms with E-state index in [2.05, 4.69) is 5.32 Å². The van der Waals surface area contributed by atoms with Gasteiger partial charge in [0.25, 0.3) is 0 Å². The third kappa shape index (κ3) is 5.02. The van der Waals surface area contributed by atoms with Gasteiger partial charge in [-0.1, -0.05) is 12.1 Å². The average Bonchev–Trinajstić information content (AvgIpc) is 3.26. The molecule has 0 radical (unpaired) electrons. The first-order chi connectivity index (χ1) is 9.81. The van der Waals surface area contributed by atoms with Crippen LogP contribution in [0.4, 0.5) is 0 Å². The van der Waals surface area contributed by atoms with Crippen molar-refractivity contribution in [3.63, 3.8) is 0 Å². The predicted molar refractivity (Wildman–Crippen MR) is 79.1 cm³/mol. The van der Waals surface area contributed by atoms with E-state index in [0.717, 1.165) is 37.7 Å². The normalized spacial score (nSPS) is 14.4. The molecule has 0 aromatic heterocycles. The van der Waals surface area contributed by atoms with Crippen LogP contribution in [0.2, 0.25) is 0 Å². The summed E-state index contributed by atoms with van der Waals surface area (Å²) in [6, 6.07) is 5.60. The van der Waals surface area contributed by atoms with Gasteiger partial charge in [-0.2, -0.15) is 0 Å². The molecule has 0 spiro atoms. The molecule has 4 nitrogen and oxygen atoms in total. The van der Waals surface area contributed by atoms with Gasteiger partial charge in [0.15, 0.2) is 11.5 Å². The molecule has 0 atom stereocenters. The van der Waals surface area contributed by atoms with Gasteiger partial charge in [-0.25, -0.2) is 0 Å². The second kappa shape index (κ2) is 8.12. The second-order valence-corrected chi connectivity index (χ2v) is 5.25. The summed E-state index contributed by atoms with van der Waals surface area (Å²) >= 11 is 0. The van der Waals surface area contributed by atoms with Crippen molar-refractivity contribution in [2.24, 2.45) is 5.92 Å². The van der Waals surface area contributed by atoms with Crippen LogP contribution in [-0.4, -0.2) is 31.5 Å². The third-order valence-electron chi connectivity index (χ3n) is 3.39. The molecule has 20 heavy (non-hydrogen) atoms. The number of hydrogen-bond donors (Lipinski definition) is 2. The van der Waals surface area contributed by atoms with E-state index in [1.54, 1.807) is 6.07 Å². The summed E-state index contributed by atoms with van der Waals surface area (Å²) in [5.74, 6) is 1.63. The Morgan fingerprint density at radius 1 is 1.35 bits per heavy atom. The zero-order chi connectivity index (χ0) is 14.2. The Balaban J connectivity index is 1.61. The van der Waals surface area contributed by atoms with E-state index in [9.17, 15) is 5.11 Å². The maximum atomic E-state index is 10.0. The van der Waals surface area contributed by atoms with Crippen LogP contribution >= 0.6 is 0 Å². The average molecular weight is 279 g/mol. The van der Waals surface area contributed by atoms with Crippen molar-refractivity contribution >= 4 is 0 Å². The molecule has 0 heterocycles. The lowest BCUT2D eigenvalue weighted by Gasteiger charge is -2.11. The molecule has 1 saturated carbocycles. The number of para-hydroxylation sites is 1. The predicted octanol–water partition coefficient (Wildman–Crippen LogP) is 2.70. The van der Waals surface area contributed by atoms with Gasteiger partial charge in [0, 0.05) is 25.3 Å². The number of nitrogens with one attached hydrogen (secondary N) is 1. The molecule has 0 amide bonds. The summed E-state index contributed by atoms with van der Waals surface area (Å²) in [5, 5.41) is 13.4. The van der Waals surface area contributed by atoms with Crippen LogP contribution in [0.1, 0.15) is 31.7 Å². The quantitative estimate of drug-likeness (QED) is 0.647. The number of hydrogen-bond acceptors (Lipinski definition) is 4. The molecule has 1 aliphatic carbocycles. The summed E-state index contributed by atoms with van der Waals surface area (Å²) < 4.78 is 10.9. The van der Waals surface area contributed by atoms with Crippen LogP contribution in [0, 0.1) is 5.92 Å². The lowest BCUT2D eigenvalue weighted by Crippen LogP contribution is -2.16. The molecule has 112 valence electrons. The molecule has 0 unspecified atom stereocenters. The van der Waals surface area contributed by atoms with Crippen LogP contribution in [0.25, 0.3) is 0 Å². The van der Waals surface area contributed by atoms with Gasteiger partial charge in [-0.05, 0) is 44.7 Å². The first-order valence-corrected chi connectivity index (χ1v) is 7.53. The minimum Gasteiger partial charge on any atom is -0.504 e. The summed E-state index contributed by atoms with van der Waals surface area (Å²) in [7, 11) is 0. The van der Waals surface area contributed by atoms with Crippen molar-refractivity contribution in [1.29, 1.82) is 0 Å². The van der Waals surface area contributed by atoms with E-state index in [1.807, 2.05) is 19.1 Å². The van der Waals surface area contributed by atoms with Crippen molar-refractivity contribution in [1.82, 2.24) is 5.32 Å². The van der Waals surface area contributed by atoms with Crippen molar-refractivity contribution in [2.75, 3.05) is 26.4 Å². The molecule has 0 bridgehead atoms. The molecular weight excluding hydrogens is 254 g/mol. The Labute approximate surface area is 121 Å². The van der Waals surface area contributed by atoms with Crippen LogP contribution in [0.5, 0.6) is 11.5 Å². The molecule has 0 aliphatic heterocycles. The highest BCUT2D eigenvalue weighted by atomic mass is 16.5. The smallest absolute Gasteiger partial charge is 0.162 e. The second-order valence-electron chi connectivity index (χ2n) is 5.25. The van der Waals surface area contributed by atoms with Crippen LogP contribution in [0.15, 0.2) is 18.2 Å². The summed E-state index contributed by atoms with van der Waals surface area (Å²) in [4.78, 5) is 0. The highest BCUT2D eigenvalue weighted by Gasteiger charge is 2.20. The summed E-state index contributed by atoms with van der Waals surface area (Å²) in [6.45, 7) is 5.75. The Hall–Kier alpha value is -1.26. The van der Waals surface area contributed by atoms with E-state index < -0.39 is 0 Å². The van der Waals surface area contributed by atoms with Gasteiger partial charge in [0.2, 0.25) is 0 Å². The first-order valence-electron chi connectivity index (χ1n) is 7.53. The summed E-state index contributed by atoms with van der Waals surface area (Å²) in [5.41, 5.74) is 0.870. The highest BCUT2D eigenvalue weighted by Crippen LogP contribution is 2.29. The Bertz CT molecular complexity index is 405.